The number of hydrogen-bond acceptors (Lipinski definition) is 5. The quantitative estimate of drug-likeness (QED) is 0.627. The summed E-state index contributed by atoms with van der Waals surface area (Å²) in [4.78, 5) is 24.0. The number of benzene rings is 1. The molecule has 0 aliphatic carbocycles. The van der Waals surface area contributed by atoms with E-state index >= 15 is 0 Å². The first kappa shape index (κ1) is 19.3. The van der Waals surface area contributed by atoms with E-state index in [0.29, 0.717) is 11.3 Å². The fourth-order valence-corrected chi connectivity index (χ4v) is 3.82. The zero-order chi connectivity index (χ0) is 20.1. The van der Waals surface area contributed by atoms with Crippen molar-refractivity contribution in [1.29, 1.82) is 0 Å². The van der Waals surface area contributed by atoms with Gasteiger partial charge in [0.1, 0.15) is 0 Å². The molecule has 4 rings (SSSR count). The lowest BCUT2D eigenvalue weighted by Gasteiger charge is -2.19. The lowest BCUT2D eigenvalue weighted by molar-refractivity contribution is 0.0601. The average Bonchev–Trinajstić information content (AvgIpc) is 2.99. The summed E-state index contributed by atoms with van der Waals surface area (Å²) in [5.74, 6) is -0.357. The van der Waals surface area contributed by atoms with Gasteiger partial charge >= 0.3 is 5.97 Å². The number of esters is 1. The maximum Gasteiger partial charge on any atom is 0.340 e. The molecule has 2 aromatic heterocycles. The van der Waals surface area contributed by atoms with Crippen molar-refractivity contribution in [1.82, 2.24) is 14.9 Å². The van der Waals surface area contributed by atoms with E-state index in [2.05, 4.69) is 40.2 Å². The molecule has 1 aliphatic rings. The van der Waals surface area contributed by atoms with Gasteiger partial charge in [-0.25, -0.2) is 4.79 Å². The van der Waals surface area contributed by atoms with E-state index in [-0.39, 0.29) is 5.97 Å². The molecule has 5 nitrogen and oxygen atoms in total. The van der Waals surface area contributed by atoms with Gasteiger partial charge in [-0.1, -0.05) is 30.3 Å². The van der Waals surface area contributed by atoms with Crippen molar-refractivity contribution in [3.63, 3.8) is 0 Å². The summed E-state index contributed by atoms with van der Waals surface area (Å²) in [5.41, 5.74) is 5.57. The van der Waals surface area contributed by atoms with E-state index in [1.807, 2.05) is 18.2 Å². The zero-order valence-electron chi connectivity index (χ0n) is 16.7. The minimum absolute atomic E-state index is 0.357. The Bertz CT molecular complexity index is 974. The number of aromatic nitrogens is 2. The highest BCUT2D eigenvalue weighted by Gasteiger charge is 2.22. The summed E-state index contributed by atoms with van der Waals surface area (Å²) < 4.78 is 5.02. The van der Waals surface area contributed by atoms with Crippen molar-refractivity contribution in [2.45, 2.75) is 19.3 Å². The largest absolute Gasteiger partial charge is 0.465 e. The van der Waals surface area contributed by atoms with Crippen LogP contribution in [-0.4, -0.2) is 47.6 Å². The maximum atomic E-state index is 12.4. The van der Waals surface area contributed by atoms with Gasteiger partial charge in [0.05, 0.1) is 18.4 Å². The molecule has 0 bridgehead atoms. The molecule has 1 aliphatic heterocycles. The molecule has 29 heavy (non-hydrogen) atoms. The third-order valence-electron chi connectivity index (χ3n) is 5.45. The van der Waals surface area contributed by atoms with Crippen LogP contribution in [0, 0.1) is 0 Å². The molecule has 0 spiro atoms. The standard InChI is InChI=1S/C24H25N3O2/c1-29-24(28)21-16-19-10-14-27(13-9-18-6-3-2-4-7-18)15-11-22(19)26-23(21)20-8-5-12-25-17-20/h2-8,12,16-17H,9-11,13-15H2,1H3. The monoisotopic (exact) mass is 387 g/mol. The summed E-state index contributed by atoms with van der Waals surface area (Å²) in [6.07, 6.45) is 6.26. The Hall–Kier alpha value is -3.05. The van der Waals surface area contributed by atoms with Crippen LogP contribution in [0.15, 0.2) is 60.9 Å². The number of carbonyl (C=O) groups is 1. The predicted molar refractivity (Wildman–Crippen MR) is 113 cm³/mol. The first-order chi connectivity index (χ1) is 14.2. The molecule has 0 saturated heterocycles. The van der Waals surface area contributed by atoms with E-state index < -0.39 is 0 Å². The molecule has 148 valence electrons. The van der Waals surface area contributed by atoms with Crippen LogP contribution in [0.2, 0.25) is 0 Å². The predicted octanol–water partition coefficient (Wildman–Crippen LogP) is 3.57. The summed E-state index contributed by atoms with van der Waals surface area (Å²) in [6, 6.07) is 16.3. The van der Waals surface area contributed by atoms with E-state index in [9.17, 15) is 4.79 Å². The summed E-state index contributed by atoms with van der Waals surface area (Å²) in [7, 11) is 1.41. The van der Waals surface area contributed by atoms with Gasteiger partial charge in [-0.05, 0) is 42.2 Å². The number of nitrogens with zero attached hydrogens (tertiary/aromatic N) is 3. The Morgan fingerprint density at radius 3 is 2.69 bits per heavy atom. The Kier molecular flexibility index (Phi) is 5.96. The number of ether oxygens (including phenoxy) is 1. The Morgan fingerprint density at radius 1 is 1.10 bits per heavy atom. The molecular weight excluding hydrogens is 362 g/mol. The molecule has 0 saturated carbocycles. The van der Waals surface area contributed by atoms with Crippen LogP contribution in [0.5, 0.6) is 0 Å². The number of fused-ring (bicyclic) bond motifs is 1. The highest BCUT2D eigenvalue weighted by Crippen LogP contribution is 2.26. The van der Waals surface area contributed by atoms with Gasteiger partial charge in [0.25, 0.3) is 0 Å². The van der Waals surface area contributed by atoms with Crippen molar-refractivity contribution in [2.24, 2.45) is 0 Å². The minimum Gasteiger partial charge on any atom is -0.465 e. The van der Waals surface area contributed by atoms with E-state index in [1.165, 1.54) is 12.7 Å². The van der Waals surface area contributed by atoms with Crippen molar-refractivity contribution >= 4 is 5.97 Å². The number of methoxy groups -OCH3 is 1. The normalized spacial score (nSPS) is 14.1. The fourth-order valence-electron chi connectivity index (χ4n) is 3.82. The zero-order valence-corrected chi connectivity index (χ0v) is 16.7. The SMILES string of the molecule is COC(=O)c1cc2c(nc1-c1cccnc1)CCN(CCc1ccccc1)CC2. The molecule has 0 unspecified atom stereocenters. The van der Waals surface area contributed by atoms with Gasteiger partial charge in [0.2, 0.25) is 0 Å². The van der Waals surface area contributed by atoms with E-state index in [1.54, 1.807) is 12.4 Å². The first-order valence-electron chi connectivity index (χ1n) is 10.0. The third-order valence-corrected chi connectivity index (χ3v) is 5.45. The van der Waals surface area contributed by atoms with E-state index in [4.69, 9.17) is 9.72 Å². The third kappa shape index (κ3) is 4.51. The minimum atomic E-state index is -0.357. The van der Waals surface area contributed by atoms with Crippen molar-refractivity contribution in [2.75, 3.05) is 26.7 Å². The van der Waals surface area contributed by atoms with E-state index in [0.717, 1.165) is 55.7 Å². The molecule has 0 N–H and O–H groups in total. The molecule has 5 heteroatoms. The molecule has 3 heterocycles. The second kappa shape index (κ2) is 8.97. The van der Waals surface area contributed by atoms with Crippen LogP contribution in [0.4, 0.5) is 0 Å². The Labute approximate surface area is 171 Å². The highest BCUT2D eigenvalue weighted by molar-refractivity contribution is 5.96. The second-order valence-corrected chi connectivity index (χ2v) is 7.30. The van der Waals surface area contributed by atoms with Crippen LogP contribution in [0.1, 0.15) is 27.2 Å². The van der Waals surface area contributed by atoms with Gasteiger partial charge < -0.3 is 9.64 Å². The fraction of sp³-hybridized carbons (Fsp3) is 0.292. The lowest BCUT2D eigenvalue weighted by Crippen LogP contribution is -2.28. The van der Waals surface area contributed by atoms with Gasteiger partial charge in [-0.15, -0.1) is 0 Å². The highest BCUT2D eigenvalue weighted by atomic mass is 16.5. The topological polar surface area (TPSA) is 55.3 Å². The first-order valence-corrected chi connectivity index (χ1v) is 10.0. The summed E-state index contributed by atoms with van der Waals surface area (Å²) in [6.45, 7) is 2.96. The maximum absolute atomic E-state index is 12.4. The van der Waals surface area contributed by atoms with Crippen LogP contribution in [-0.2, 0) is 24.0 Å². The van der Waals surface area contributed by atoms with Gasteiger partial charge in [0.15, 0.2) is 0 Å². The molecule has 0 fully saturated rings. The van der Waals surface area contributed by atoms with Crippen LogP contribution in [0.3, 0.4) is 0 Å². The van der Waals surface area contributed by atoms with Crippen LogP contribution in [0.25, 0.3) is 11.3 Å². The smallest absolute Gasteiger partial charge is 0.340 e. The lowest BCUT2D eigenvalue weighted by atomic mass is 10.0. The molecule has 1 aromatic carbocycles. The Morgan fingerprint density at radius 2 is 1.93 bits per heavy atom. The van der Waals surface area contributed by atoms with Gasteiger partial charge in [0, 0.05) is 49.7 Å². The second-order valence-electron chi connectivity index (χ2n) is 7.30. The number of rotatable bonds is 5. The summed E-state index contributed by atoms with van der Waals surface area (Å²) >= 11 is 0. The van der Waals surface area contributed by atoms with Crippen molar-refractivity contribution < 1.29 is 9.53 Å². The average molecular weight is 387 g/mol. The summed E-state index contributed by atoms with van der Waals surface area (Å²) in [5, 5.41) is 0. The van der Waals surface area contributed by atoms with Gasteiger partial charge in [-0.3, -0.25) is 9.97 Å². The number of hydrogen-bond donors (Lipinski definition) is 0. The van der Waals surface area contributed by atoms with Crippen molar-refractivity contribution in [3.05, 3.63) is 83.3 Å². The molecule has 0 amide bonds. The molecule has 0 atom stereocenters. The number of carbonyl (C=O) groups excluding carboxylic acids is 1. The van der Waals surface area contributed by atoms with Crippen molar-refractivity contribution in [3.8, 4) is 11.3 Å². The van der Waals surface area contributed by atoms with Crippen LogP contribution < -0.4 is 0 Å². The Balaban J connectivity index is 1.56. The number of pyridine rings is 2. The van der Waals surface area contributed by atoms with Gasteiger partial charge in [-0.2, -0.15) is 0 Å². The van der Waals surface area contributed by atoms with Crippen LogP contribution >= 0.6 is 0 Å². The molecular formula is C24H25N3O2. The molecule has 3 aromatic rings. The molecule has 0 radical (unpaired) electrons.